The molecule has 2 aromatic carbocycles. The summed E-state index contributed by atoms with van der Waals surface area (Å²) in [7, 11) is 0. The number of hydrogen-bond donors (Lipinski definition) is 2. The normalized spacial score (nSPS) is 26.5. The molecule has 3 aliphatic heterocycles. The van der Waals surface area contributed by atoms with Crippen LogP contribution in [0, 0.1) is 0 Å². The van der Waals surface area contributed by atoms with Crippen LogP contribution in [0.25, 0.3) is 0 Å². The van der Waals surface area contributed by atoms with Gasteiger partial charge in [0.2, 0.25) is 17.7 Å². The van der Waals surface area contributed by atoms with Gasteiger partial charge in [0.15, 0.2) is 0 Å². The average Bonchev–Trinajstić information content (AvgIpc) is 3.40. The zero-order valence-corrected chi connectivity index (χ0v) is 20.2. The number of para-hydroxylation sites is 1. The number of anilines is 1. The number of nitrogens with one attached hydrogen (secondary N) is 1. The topological polar surface area (TPSA) is 105 Å². The Morgan fingerprint density at radius 3 is 2.69 bits per heavy atom. The molecular weight excluding hydrogens is 468 g/mol. The average molecular weight is 497 g/mol. The molecule has 0 radical (unpaired) electrons. The Labute approximate surface area is 210 Å². The summed E-state index contributed by atoms with van der Waals surface area (Å²) in [6.45, 7) is 1.29. The van der Waals surface area contributed by atoms with Gasteiger partial charge in [0.25, 0.3) is 0 Å². The molecule has 6 rings (SSSR count). The number of rotatable bonds is 1. The predicted octanol–water partition coefficient (Wildman–Crippen LogP) is 2.06. The van der Waals surface area contributed by atoms with Gasteiger partial charge < -0.3 is 25.6 Å². The van der Waals surface area contributed by atoms with Crippen LogP contribution in [0.3, 0.4) is 0 Å². The second-order valence-corrected chi connectivity index (χ2v) is 9.81. The number of carbonyl (C=O) groups is 3. The molecule has 2 aromatic rings. The summed E-state index contributed by atoms with van der Waals surface area (Å²) in [5.74, 6) is 0.217. The van der Waals surface area contributed by atoms with Gasteiger partial charge in [0, 0.05) is 18.8 Å². The highest BCUT2D eigenvalue weighted by Gasteiger charge is 2.63. The van der Waals surface area contributed by atoms with Crippen LogP contribution in [0.2, 0.25) is 0 Å². The summed E-state index contributed by atoms with van der Waals surface area (Å²) < 4.78 is 5.95. The number of amides is 3. The molecule has 3 N–H and O–H groups in total. The van der Waals surface area contributed by atoms with Gasteiger partial charge in [-0.1, -0.05) is 30.3 Å². The molecule has 35 heavy (non-hydrogen) atoms. The lowest BCUT2D eigenvalue weighted by atomic mass is 9.72. The minimum absolute atomic E-state index is 0. The van der Waals surface area contributed by atoms with E-state index in [9.17, 15) is 14.4 Å². The highest BCUT2D eigenvalue weighted by Crippen LogP contribution is 2.57. The molecule has 1 saturated heterocycles. The van der Waals surface area contributed by atoms with E-state index in [-0.39, 0.29) is 36.7 Å². The molecule has 184 valence electrons. The summed E-state index contributed by atoms with van der Waals surface area (Å²) in [5.41, 5.74) is 6.96. The molecule has 2 atom stereocenters. The number of fused-ring (bicyclic) bond motifs is 6. The van der Waals surface area contributed by atoms with Crippen LogP contribution in [0.4, 0.5) is 5.69 Å². The van der Waals surface area contributed by atoms with Gasteiger partial charge in [-0.2, -0.15) is 0 Å². The fraction of sp³-hybridized carbons (Fsp3) is 0.423. The fourth-order valence-corrected chi connectivity index (χ4v) is 5.82. The first-order valence-electron chi connectivity index (χ1n) is 11.9. The van der Waals surface area contributed by atoms with Crippen molar-refractivity contribution in [1.29, 1.82) is 0 Å². The number of nitrogens with two attached hydrogens (primary N) is 1. The first kappa shape index (κ1) is 23.6. The third-order valence-corrected chi connectivity index (χ3v) is 7.69. The molecule has 9 heteroatoms. The van der Waals surface area contributed by atoms with Crippen LogP contribution >= 0.6 is 12.4 Å². The maximum atomic E-state index is 14.3. The van der Waals surface area contributed by atoms with Crippen LogP contribution in [0.1, 0.15) is 42.9 Å². The molecule has 2 fully saturated rings. The summed E-state index contributed by atoms with van der Waals surface area (Å²) in [5, 5.41) is 2.90. The third kappa shape index (κ3) is 3.58. The van der Waals surface area contributed by atoms with Gasteiger partial charge in [-0.15, -0.1) is 12.4 Å². The van der Waals surface area contributed by atoms with Gasteiger partial charge in [-0.3, -0.25) is 14.4 Å². The van der Waals surface area contributed by atoms with E-state index in [4.69, 9.17) is 10.5 Å². The van der Waals surface area contributed by atoms with Crippen molar-refractivity contribution < 1.29 is 19.1 Å². The SMILES string of the molecule is Cl.NC1(C(=O)N2CC[C@]34C(=O)N(CC(=O)NCCCOc5cccc(c5)[C@H]23)c2ccccc24)CC1. The number of hydrogen-bond acceptors (Lipinski definition) is 5. The van der Waals surface area contributed by atoms with Crippen molar-refractivity contribution in [3.05, 3.63) is 59.7 Å². The molecule has 0 unspecified atom stereocenters. The Balaban J connectivity index is 0.00000253. The first-order valence-corrected chi connectivity index (χ1v) is 11.9. The minimum atomic E-state index is -0.986. The van der Waals surface area contributed by atoms with Crippen LogP contribution in [0.15, 0.2) is 48.5 Å². The van der Waals surface area contributed by atoms with Crippen molar-refractivity contribution in [2.75, 3.05) is 31.1 Å². The number of ether oxygens (including phenoxy) is 1. The van der Waals surface area contributed by atoms with Crippen molar-refractivity contribution >= 4 is 35.8 Å². The third-order valence-electron chi connectivity index (χ3n) is 7.69. The smallest absolute Gasteiger partial charge is 0.243 e. The predicted molar refractivity (Wildman–Crippen MR) is 133 cm³/mol. The Morgan fingerprint density at radius 2 is 1.89 bits per heavy atom. The number of halogens is 1. The first-order chi connectivity index (χ1) is 16.4. The lowest BCUT2D eigenvalue weighted by Gasteiger charge is -2.36. The Kier molecular flexibility index (Phi) is 5.76. The minimum Gasteiger partial charge on any atom is -0.494 e. The Bertz CT molecular complexity index is 1200. The number of likely N-dealkylation sites (tertiary alicyclic amines) is 1. The Hall–Kier alpha value is -3.10. The standard InChI is InChI=1S/C26H28N4O4.ClH/c27-25(9-10-25)23(32)29-13-11-26-19-7-1-2-8-20(19)30(24(26)33)16-21(31)28-12-4-14-34-18-6-3-5-17(15-18)22(26)29;/h1-3,5-8,15,22H,4,9-14,16,27H2,(H,28,31);1H/t22-,26+;/m0./s1. The van der Waals surface area contributed by atoms with Gasteiger partial charge in [0.05, 0.1) is 18.2 Å². The van der Waals surface area contributed by atoms with E-state index in [1.54, 1.807) is 9.80 Å². The Morgan fingerprint density at radius 1 is 1.09 bits per heavy atom. The van der Waals surface area contributed by atoms with E-state index >= 15 is 0 Å². The summed E-state index contributed by atoms with van der Waals surface area (Å²) >= 11 is 0. The lowest BCUT2D eigenvalue weighted by molar-refractivity contribution is -0.136. The highest BCUT2D eigenvalue weighted by molar-refractivity contribution is 6.12. The summed E-state index contributed by atoms with van der Waals surface area (Å²) in [6, 6.07) is 14.8. The van der Waals surface area contributed by atoms with Gasteiger partial charge in [-0.05, 0) is 55.0 Å². The fourth-order valence-electron chi connectivity index (χ4n) is 5.82. The number of carbonyl (C=O) groups excluding carboxylic acids is 3. The van der Waals surface area contributed by atoms with E-state index in [0.29, 0.717) is 51.1 Å². The number of benzene rings is 2. The van der Waals surface area contributed by atoms with E-state index in [1.807, 2.05) is 48.5 Å². The van der Waals surface area contributed by atoms with E-state index in [2.05, 4.69) is 5.32 Å². The molecular formula is C26H29ClN4O4. The number of nitrogens with zero attached hydrogens (tertiary/aromatic N) is 2. The van der Waals surface area contributed by atoms with Crippen molar-refractivity contribution in [3.63, 3.8) is 0 Å². The second-order valence-electron chi connectivity index (χ2n) is 9.81. The van der Waals surface area contributed by atoms with Crippen LogP contribution in [-0.4, -0.2) is 54.4 Å². The van der Waals surface area contributed by atoms with Crippen molar-refractivity contribution in [1.82, 2.24) is 10.2 Å². The molecule has 4 aliphatic rings. The van der Waals surface area contributed by atoms with Crippen molar-refractivity contribution in [3.8, 4) is 5.75 Å². The molecule has 3 heterocycles. The summed E-state index contributed by atoms with van der Waals surface area (Å²) in [6.07, 6.45) is 2.43. The monoisotopic (exact) mass is 496 g/mol. The molecule has 8 nitrogen and oxygen atoms in total. The van der Waals surface area contributed by atoms with Crippen LogP contribution in [-0.2, 0) is 19.8 Å². The molecule has 0 aromatic heterocycles. The summed E-state index contributed by atoms with van der Waals surface area (Å²) in [4.78, 5) is 44.0. The maximum absolute atomic E-state index is 14.3. The van der Waals surface area contributed by atoms with Gasteiger partial charge in [0.1, 0.15) is 17.7 Å². The molecule has 4 bridgehead atoms. The van der Waals surface area contributed by atoms with Gasteiger partial charge >= 0.3 is 0 Å². The molecule has 1 saturated carbocycles. The maximum Gasteiger partial charge on any atom is 0.243 e. The largest absolute Gasteiger partial charge is 0.494 e. The van der Waals surface area contributed by atoms with E-state index in [1.165, 1.54) is 0 Å². The van der Waals surface area contributed by atoms with Crippen LogP contribution in [0.5, 0.6) is 5.75 Å². The van der Waals surface area contributed by atoms with E-state index < -0.39 is 17.0 Å². The van der Waals surface area contributed by atoms with E-state index in [0.717, 1.165) is 16.8 Å². The zero-order chi connectivity index (χ0) is 23.5. The van der Waals surface area contributed by atoms with Crippen molar-refractivity contribution in [2.24, 2.45) is 5.73 Å². The quantitative estimate of drug-likeness (QED) is 0.628. The van der Waals surface area contributed by atoms with Crippen molar-refractivity contribution in [2.45, 2.75) is 42.7 Å². The lowest BCUT2D eigenvalue weighted by Crippen LogP contribution is -2.50. The van der Waals surface area contributed by atoms with Crippen LogP contribution < -0.4 is 20.7 Å². The molecule has 1 aliphatic carbocycles. The second kappa shape index (κ2) is 8.53. The molecule has 3 amide bonds. The highest BCUT2D eigenvalue weighted by atomic mass is 35.5. The zero-order valence-electron chi connectivity index (χ0n) is 19.4. The van der Waals surface area contributed by atoms with Gasteiger partial charge in [-0.25, -0.2) is 0 Å². The molecule has 1 spiro atoms.